The van der Waals surface area contributed by atoms with Gasteiger partial charge in [0.15, 0.2) is 0 Å². The maximum Gasteiger partial charge on any atom is 0.242 e. The number of nitrogens with one attached hydrogen (secondary N) is 1. The molecule has 1 fully saturated rings. The molecule has 2 amide bonds. The van der Waals surface area contributed by atoms with Crippen molar-refractivity contribution in [3.8, 4) is 0 Å². The number of amides is 2. The van der Waals surface area contributed by atoms with Gasteiger partial charge < -0.3 is 19.9 Å². The lowest BCUT2D eigenvalue weighted by Crippen LogP contribution is -2.38. The van der Waals surface area contributed by atoms with E-state index < -0.39 is 5.38 Å². The Labute approximate surface area is 185 Å². The number of alkyl halides is 1. The Morgan fingerprint density at radius 3 is 2.53 bits per heavy atom. The third-order valence-electron chi connectivity index (χ3n) is 5.03. The van der Waals surface area contributed by atoms with Crippen LogP contribution in [0.5, 0.6) is 0 Å². The van der Waals surface area contributed by atoms with Gasteiger partial charge in [0.25, 0.3) is 0 Å². The van der Waals surface area contributed by atoms with E-state index in [1.54, 1.807) is 6.92 Å². The molecule has 6 nitrogen and oxygen atoms in total. The van der Waals surface area contributed by atoms with Crippen LogP contribution < -0.4 is 10.2 Å². The van der Waals surface area contributed by atoms with E-state index in [1.807, 2.05) is 42.1 Å². The molecule has 1 N–H and O–H groups in total. The predicted molar refractivity (Wildman–Crippen MR) is 123 cm³/mol. The lowest BCUT2D eigenvalue weighted by Gasteiger charge is -2.30. The molecule has 0 aliphatic carbocycles. The molecule has 2 atom stereocenters. The molecule has 30 heavy (non-hydrogen) atoms. The molecule has 2 rings (SSSR count). The standard InChI is InChI=1S/C23H36ClN3O3/c1-16(24)22(29)25-18-9-10-20(26(5)6)17(12-18)14-27(15-19-8-7-11-30-19)21(28)13-23(2,3)4/h9-10,12,16,19H,7-8,11,13-15H2,1-6H3,(H,25,29)/t16-,19-/m1/s1. The van der Waals surface area contributed by atoms with Gasteiger partial charge in [0.05, 0.1) is 6.10 Å². The second-order valence-electron chi connectivity index (χ2n) is 9.49. The summed E-state index contributed by atoms with van der Waals surface area (Å²) in [7, 11) is 3.94. The number of hydrogen-bond donors (Lipinski definition) is 1. The summed E-state index contributed by atoms with van der Waals surface area (Å²) >= 11 is 5.90. The zero-order valence-electron chi connectivity index (χ0n) is 19.1. The fourth-order valence-electron chi connectivity index (χ4n) is 3.53. The predicted octanol–water partition coefficient (Wildman–Crippen LogP) is 4.26. The minimum atomic E-state index is -0.619. The van der Waals surface area contributed by atoms with Crippen LogP contribution in [0.3, 0.4) is 0 Å². The summed E-state index contributed by atoms with van der Waals surface area (Å²) in [6.07, 6.45) is 2.56. The van der Waals surface area contributed by atoms with Crippen molar-refractivity contribution in [2.45, 2.75) is 65.0 Å². The van der Waals surface area contributed by atoms with E-state index in [4.69, 9.17) is 16.3 Å². The lowest BCUT2D eigenvalue weighted by molar-refractivity contribution is -0.135. The Morgan fingerprint density at radius 2 is 2.00 bits per heavy atom. The Morgan fingerprint density at radius 1 is 1.30 bits per heavy atom. The van der Waals surface area contributed by atoms with Crippen LogP contribution in [-0.4, -0.2) is 55.4 Å². The van der Waals surface area contributed by atoms with Gasteiger partial charge in [0.2, 0.25) is 11.8 Å². The number of nitrogens with zero attached hydrogens (tertiary/aromatic N) is 2. The van der Waals surface area contributed by atoms with Gasteiger partial charge in [-0.05, 0) is 48.9 Å². The molecule has 1 heterocycles. The van der Waals surface area contributed by atoms with Crippen molar-refractivity contribution in [2.24, 2.45) is 5.41 Å². The molecule has 0 spiro atoms. The van der Waals surface area contributed by atoms with Gasteiger partial charge in [-0.3, -0.25) is 9.59 Å². The first kappa shape index (κ1) is 24.5. The number of anilines is 2. The monoisotopic (exact) mass is 437 g/mol. The summed E-state index contributed by atoms with van der Waals surface area (Å²) in [5.41, 5.74) is 2.56. The van der Waals surface area contributed by atoms with Gasteiger partial charge in [0.1, 0.15) is 5.38 Å². The summed E-state index contributed by atoms with van der Waals surface area (Å²) in [5, 5.41) is 2.23. The normalized spacial score (nSPS) is 17.5. The average Bonchev–Trinajstić information content (AvgIpc) is 3.12. The summed E-state index contributed by atoms with van der Waals surface area (Å²) < 4.78 is 5.81. The largest absolute Gasteiger partial charge is 0.377 e. The number of rotatable bonds is 8. The number of halogens is 1. The molecule has 7 heteroatoms. The average molecular weight is 438 g/mol. The van der Waals surface area contributed by atoms with Crippen LogP contribution in [0.25, 0.3) is 0 Å². The van der Waals surface area contributed by atoms with Crippen molar-refractivity contribution in [3.05, 3.63) is 23.8 Å². The minimum absolute atomic E-state index is 0.0803. The first-order valence-electron chi connectivity index (χ1n) is 10.6. The van der Waals surface area contributed by atoms with Crippen LogP contribution in [0.4, 0.5) is 11.4 Å². The molecular formula is C23H36ClN3O3. The van der Waals surface area contributed by atoms with E-state index >= 15 is 0 Å². The van der Waals surface area contributed by atoms with Gasteiger partial charge >= 0.3 is 0 Å². The van der Waals surface area contributed by atoms with E-state index in [-0.39, 0.29) is 23.3 Å². The fourth-order valence-corrected chi connectivity index (χ4v) is 3.58. The molecule has 1 aromatic rings. The highest BCUT2D eigenvalue weighted by Crippen LogP contribution is 2.27. The Hall–Kier alpha value is -1.79. The van der Waals surface area contributed by atoms with Gasteiger partial charge in [-0.15, -0.1) is 11.6 Å². The number of ether oxygens (including phenoxy) is 1. The van der Waals surface area contributed by atoms with Crippen molar-refractivity contribution in [3.63, 3.8) is 0 Å². The number of carbonyl (C=O) groups excluding carboxylic acids is 2. The minimum Gasteiger partial charge on any atom is -0.377 e. The molecule has 0 radical (unpaired) electrons. The van der Waals surface area contributed by atoms with Gasteiger partial charge in [-0.2, -0.15) is 0 Å². The van der Waals surface area contributed by atoms with Crippen LogP contribution in [0.1, 0.15) is 52.5 Å². The van der Waals surface area contributed by atoms with Crippen molar-refractivity contribution in [2.75, 3.05) is 37.5 Å². The van der Waals surface area contributed by atoms with Crippen LogP contribution in [0.2, 0.25) is 0 Å². The van der Waals surface area contributed by atoms with Crippen LogP contribution >= 0.6 is 11.6 Å². The summed E-state index contributed by atoms with van der Waals surface area (Å²) in [4.78, 5) is 29.1. The quantitative estimate of drug-likeness (QED) is 0.617. The van der Waals surface area contributed by atoms with Crippen molar-refractivity contribution in [1.29, 1.82) is 0 Å². The van der Waals surface area contributed by atoms with Crippen LogP contribution in [0.15, 0.2) is 18.2 Å². The molecule has 168 valence electrons. The zero-order chi connectivity index (χ0) is 22.5. The first-order valence-corrected chi connectivity index (χ1v) is 11.0. The number of benzene rings is 1. The van der Waals surface area contributed by atoms with E-state index in [9.17, 15) is 9.59 Å². The van der Waals surface area contributed by atoms with Gasteiger partial charge in [-0.1, -0.05) is 20.8 Å². The molecule has 1 aromatic carbocycles. The Balaban J connectivity index is 2.30. The highest BCUT2D eigenvalue weighted by atomic mass is 35.5. The van der Waals surface area contributed by atoms with E-state index in [0.29, 0.717) is 25.2 Å². The van der Waals surface area contributed by atoms with E-state index in [1.165, 1.54) is 0 Å². The van der Waals surface area contributed by atoms with Crippen molar-refractivity contribution >= 4 is 34.8 Å². The van der Waals surface area contributed by atoms with E-state index in [0.717, 1.165) is 30.7 Å². The SMILES string of the molecule is C[C@@H](Cl)C(=O)Nc1ccc(N(C)C)c(CN(C[C@H]2CCCO2)C(=O)CC(C)(C)C)c1. The number of hydrogen-bond acceptors (Lipinski definition) is 4. The van der Waals surface area contributed by atoms with Crippen molar-refractivity contribution in [1.82, 2.24) is 4.90 Å². The molecule has 1 saturated heterocycles. The zero-order valence-corrected chi connectivity index (χ0v) is 19.9. The smallest absolute Gasteiger partial charge is 0.242 e. The molecule has 0 bridgehead atoms. The maximum absolute atomic E-state index is 13.2. The lowest BCUT2D eigenvalue weighted by atomic mass is 9.91. The fraction of sp³-hybridized carbons (Fsp3) is 0.652. The Bertz CT molecular complexity index is 738. The number of carbonyl (C=O) groups is 2. The van der Waals surface area contributed by atoms with Crippen LogP contribution in [-0.2, 0) is 20.9 Å². The molecule has 1 aliphatic heterocycles. The van der Waals surface area contributed by atoms with Crippen LogP contribution in [0, 0.1) is 5.41 Å². The third kappa shape index (κ3) is 7.47. The Kier molecular flexibility index (Phi) is 8.56. The maximum atomic E-state index is 13.2. The molecule has 0 saturated carbocycles. The topological polar surface area (TPSA) is 61.9 Å². The summed E-state index contributed by atoms with van der Waals surface area (Å²) in [6.45, 7) is 9.66. The van der Waals surface area contributed by atoms with E-state index in [2.05, 4.69) is 26.1 Å². The summed E-state index contributed by atoms with van der Waals surface area (Å²) in [6, 6.07) is 5.75. The second-order valence-corrected chi connectivity index (χ2v) is 10.1. The second kappa shape index (κ2) is 10.5. The van der Waals surface area contributed by atoms with Gasteiger partial charge in [0, 0.05) is 51.6 Å². The molecule has 0 unspecified atom stereocenters. The molecule has 1 aliphatic rings. The highest BCUT2D eigenvalue weighted by Gasteiger charge is 2.26. The van der Waals surface area contributed by atoms with Crippen molar-refractivity contribution < 1.29 is 14.3 Å². The molecule has 0 aromatic heterocycles. The summed E-state index contributed by atoms with van der Waals surface area (Å²) in [5.74, 6) is -0.133. The highest BCUT2D eigenvalue weighted by molar-refractivity contribution is 6.32. The third-order valence-corrected chi connectivity index (χ3v) is 5.23. The van der Waals surface area contributed by atoms with Gasteiger partial charge in [-0.25, -0.2) is 0 Å². The first-order chi connectivity index (χ1) is 14.0. The molecular weight excluding hydrogens is 402 g/mol.